The fourth-order valence-electron chi connectivity index (χ4n) is 2.74. The Bertz CT molecular complexity index is 957. The van der Waals surface area contributed by atoms with Crippen molar-refractivity contribution in [3.05, 3.63) is 77.0 Å². The lowest BCUT2D eigenvalue weighted by Gasteiger charge is -2.04. The summed E-state index contributed by atoms with van der Waals surface area (Å²) in [6.07, 6.45) is 1.70. The number of aromatic nitrogens is 2. The van der Waals surface area contributed by atoms with E-state index in [1.165, 1.54) is 5.56 Å². The lowest BCUT2D eigenvalue weighted by atomic mass is 10.1. The molecule has 2 aromatic carbocycles. The van der Waals surface area contributed by atoms with Gasteiger partial charge in [-0.15, -0.1) is 0 Å². The Labute approximate surface area is 158 Å². The Balaban J connectivity index is 1.94. The van der Waals surface area contributed by atoms with Gasteiger partial charge in [-0.25, -0.2) is 0 Å². The van der Waals surface area contributed by atoms with Crippen molar-refractivity contribution in [3.63, 3.8) is 0 Å². The molecule has 0 bridgehead atoms. The molecule has 0 radical (unpaired) electrons. The Morgan fingerprint density at radius 2 is 1.59 bits per heavy atom. The first-order valence-electron chi connectivity index (χ1n) is 8.69. The molecule has 0 fully saturated rings. The molecule has 0 unspecified atom stereocenters. The van der Waals surface area contributed by atoms with Gasteiger partial charge in [0, 0.05) is 11.8 Å². The number of nitrogens with one attached hydrogen (secondary N) is 1. The molecule has 3 N–H and O–H groups in total. The molecule has 0 atom stereocenters. The van der Waals surface area contributed by atoms with Gasteiger partial charge >= 0.3 is 0 Å². The third-order valence-electron chi connectivity index (χ3n) is 4.22. The fourth-order valence-corrected chi connectivity index (χ4v) is 2.74. The smallest absolute Gasteiger partial charge is 0.255 e. The zero-order chi connectivity index (χ0) is 19.4. The van der Waals surface area contributed by atoms with Gasteiger partial charge in [0.2, 0.25) is 5.91 Å². The topological polar surface area (TPSA) is 90.0 Å². The van der Waals surface area contributed by atoms with Gasteiger partial charge in [-0.1, -0.05) is 59.7 Å². The van der Waals surface area contributed by atoms with Crippen molar-refractivity contribution in [2.75, 3.05) is 6.54 Å². The van der Waals surface area contributed by atoms with E-state index in [0.29, 0.717) is 17.8 Å². The summed E-state index contributed by atoms with van der Waals surface area (Å²) in [5.41, 5.74) is 10.3. The van der Waals surface area contributed by atoms with Crippen LogP contribution in [-0.4, -0.2) is 28.1 Å². The number of aryl methyl sites for hydroxylation is 2. The van der Waals surface area contributed by atoms with Crippen LogP contribution < -0.4 is 11.1 Å². The predicted octanol–water partition coefficient (Wildman–Crippen LogP) is 2.43. The van der Waals surface area contributed by atoms with Crippen LogP contribution in [0, 0.1) is 13.8 Å². The van der Waals surface area contributed by atoms with E-state index in [1.54, 1.807) is 10.9 Å². The average Bonchev–Trinajstić information content (AvgIpc) is 3.06. The molecule has 3 rings (SSSR count). The molecule has 0 saturated carbocycles. The molecule has 27 heavy (non-hydrogen) atoms. The summed E-state index contributed by atoms with van der Waals surface area (Å²) in [5.74, 6) is -0.966. The standard InChI is InChI=1S/C21H22N4O2/c1-14-3-7-16(8-4-14)12-25-13-18(21(27)23-11-19(22)26)20(24-25)17-9-5-15(2)6-10-17/h3-10,13H,11-12H2,1-2H3,(H2,22,26)(H,23,27). The maximum Gasteiger partial charge on any atom is 0.255 e. The predicted molar refractivity (Wildman–Crippen MR) is 104 cm³/mol. The van der Waals surface area contributed by atoms with E-state index in [9.17, 15) is 9.59 Å². The molecule has 1 heterocycles. The van der Waals surface area contributed by atoms with Gasteiger partial charge in [-0.3, -0.25) is 14.3 Å². The van der Waals surface area contributed by atoms with Gasteiger partial charge in [0.15, 0.2) is 0 Å². The van der Waals surface area contributed by atoms with Crippen molar-refractivity contribution < 1.29 is 9.59 Å². The molecule has 0 saturated heterocycles. The lowest BCUT2D eigenvalue weighted by molar-refractivity contribution is -0.117. The SMILES string of the molecule is Cc1ccc(Cn2cc(C(=O)NCC(N)=O)c(-c3ccc(C)cc3)n2)cc1. The number of nitrogens with two attached hydrogens (primary N) is 1. The summed E-state index contributed by atoms with van der Waals surface area (Å²) in [4.78, 5) is 23.5. The van der Waals surface area contributed by atoms with Crippen LogP contribution in [0.3, 0.4) is 0 Å². The zero-order valence-corrected chi connectivity index (χ0v) is 15.4. The van der Waals surface area contributed by atoms with Gasteiger partial charge in [-0.2, -0.15) is 5.10 Å². The molecule has 0 aliphatic heterocycles. The van der Waals surface area contributed by atoms with E-state index in [2.05, 4.69) is 10.4 Å². The number of amides is 2. The van der Waals surface area contributed by atoms with Gasteiger partial charge < -0.3 is 11.1 Å². The third kappa shape index (κ3) is 4.61. The Hall–Kier alpha value is -3.41. The van der Waals surface area contributed by atoms with Crippen LogP contribution >= 0.6 is 0 Å². The van der Waals surface area contributed by atoms with E-state index in [-0.39, 0.29) is 12.5 Å². The first-order valence-corrected chi connectivity index (χ1v) is 8.69. The van der Waals surface area contributed by atoms with Crippen molar-refractivity contribution in [3.8, 4) is 11.3 Å². The number of primary amides is 1. The van der Waals surface area contributed by atoms with Crippen LogP contribution in [0.15, 0.2) is 54.7 Å². The zero-order valence-electron chi connectivity index (χ0n) is 15.4. The van der Waals surface area contributed by atoms with Crippen molar-refractivity contribution in [1.82, 2.24) is 15.1 Å². The highest BCUT2D eigenvalue weighted by Crippen LogP contribution is 2.23. The van der Waals surface area contributed by atoms with Crippen LogP contribution in [0.2, 0.25) is 0 Å². The van der Waals surface area contributed by atoms with Gasteiger partial charge in [0.1, 0.15) is 5.69 Å². The maximum absolute atomic E-state index is 12.5. The number of nitrogens with zero attached hydrogens (tertiary/aromatic N) is 2. The van der Waals surface area contributed by atoms with Gasteiger partial charge in [0.05, 0.1) is 18.7 Å². The number of hydrogen-bond acceptors (Lipinski definition) is 3. The Morgan fingerprint density at radius 3 is 2.19 bits per heavy atom. The maximum atomic E-state index is 12.5. The monoisotopic (exact) mass is 362 g/mol. The largest absolute Gasteiger partial charge is 0.368 e. The van der Waals surface area contributed by atoms with E-state index in [0.717, 1.165) is 16.7 Å². The highest BCUT2D eigenvalue weighted by Gasteiger charge is 2.18. The third-order valence-corrected chi connectivity index (χ3v) is 4.22. The Morgan fingerprint density at radius 1 is 1.00 bits per heavy atom. The molecule has 0 spiro atoms. The molecule has 0 aliphatic rings. The minimum Gasteiger partial charge on any atom is -0.368 e. The van der Waals surface area contributed by atoms with Crippen LogP contribution in [0.1, 0.15) is 27.0 Å². The summed E-state index contributed by atoms with van der Waals surface area (Å²) < 4.78 is 1.74. The van der Waals surface area contributed by atoms with Crippen molar-refractivity contribution >= 4 is 11.8 Å². The van der Waals surface area contributed by atoms with Crippen molar-refractivity contribution in [2.45, 2.75) is 20.4 Å². The lowest BCUT2D eigenvalue weighted by Crippen LogP contribution is -2.33. The van der Waals surface area contributed by atoms with Crippen LogP contribution in [0.5, 0.6) is 0 Å². The molecular weight excluding hydrogens is 340 g/mol. The number of carbonyl (C=O) groups excluding carboxylic acids is 2. The van der Waals surface area contributed by atoms with E-state index in [1.807, 2.05) is 62.4 Å². The quantitative estimate of drug-likeness (QED) is 0.706. The number of benzene rings is 2. The molecule has 2 amide bonds. The number of carbonyl (C=O) groups is 2. The van der Waals surface area contributed by atoms with E-state index >= 15 is 0 Å². The average molecular weight is 362 g/mol. The van der Waals surface area contributed by atoms with Crippen molar-refractivity contribution in [1.29, 1.82) is 0 Å². The first-order chi connectivity index (χ1) is 12.9. The second-order valence-corrected chi connectivity index (χ2v) is 6.59. The summed E-state index contributed by atoms with van der Waals surface area (Å²) in [6, 6.07) is 16.0. The molecular formula is C21H22N4O2. The second-order valence-electron chi connectivity index (χ2n) is 6.59. The van der Waals surface area contributed by atoms with E-state index in [4.69, 9.17) is 5.73 Å². The minimum absolute atomic E-state index is 0.213. The summed E-state index contributed by atoms with van der Waals surface area (Å²) >= 11 is 0. The molecule has 6 nitrogen and oxygen atoms in total. The number of hydrogen-bond donors (Lipinski definition) is 2. The van der Waals surface area contributed by atoms with E-state index < -0.39 is 5.91 Å². The van der Waals surface area contributed by atoms with Gasteiger partial charge in [0.25, 0.3) is 5.91 Å². The molecule has 0 aliphatic carbocycles. The number of rotatable bonds is 6. The Kier molecular flexibility index (Phi) is 5.35. The first kappa shape index (κ1) is 18.4. The summed E-state index contributed by atoms with van der Waals surface area (Å²) in [7, 11) is 0. The summed E-state index contributed by atoms with van der Waals surface area (Å²) in [6.45, 7) is 4.37. The van der Waals surface area contributed by atoms with Gasteiger partial charge in [-0.05, 0) is 19.4 Å². The highest BCUT2D eigenvalue weighted by atomic mass is 16.2. The molecule has 3 aromatic rings. The normalized spacial score (nSPS) is 10.6. The van der Waals surface area contributed by atoms with Crippen molar-refractivity contribution in [2.24, 2.45) is 5.73 Å². The summed E-state index contributed by atoms with van der Waals surface area (Å²) in [5, 5.41) is 7.15. The molecule has 6 heteroatoms. The van der Waals surface area contributed by atoms with Crippen LogP contribution in [-0.2, 0) is 11.3 Å². The van der Waals surface area contributed by atoms with Crippen LogP contribution in [0.25, 0.3) is 11.3 Å². The van der Waals surface area contributed by atoms with Crippen LogP contribution in [0.4, 0.5) is 0 Å². The molecule has 138 valence electrons. The minimum atomic E-state index is -0.590. The highest BCUT2D eigenvalue weighted by molar-refractivity contribution is 6.01. The molecule has 1 aromatic heterocycles. The fraction of sp³-hybridized carbons (Fsp3) is 0.190. The second kappa shape index (κ2) is 7.86.